The Morgan fingerprint density at radius 1 is 1.15 bits per heavy atom. The van der Waals surface area contributed by atoms with Crippen molar-refractivity contribution in [2.24, 2.45) is 0 Å². The molecule has 0 amide bonds. The summed E-state index contributed by atoms with van der Waals surface area (Å²) in [6.45, 7) is 0.584. The first-order valence-corrected chi connectivity index (χ1v) is 10.1. The van der Waals surface area contributed by atoms with E-state index in [-0.39, 0.29) is 6.42 Å². The second-order valence-electron chi connectivity index (χ2n) is 6.92. The fraction of sp³-hybridized carbons (Fsp3) is 0.318. The van der Waals surface area contributed by atoms with E-state index in [0.29, 0.717) is 18.1 Å². The van der Waals surface area contributed by atoms with Crippen molar-refractivity contribution in [3.05, 3.63) is 69.8 Å². The van der Waals surface area contributed by atoms with Gasteiger partial charge in [0.1, 0.15) is 12.4 Å². The van der Waals surface area contributed by atoms with E-state index in [2.05, 4.69) is 33.5 Å². The van der Waals surface area contributed by atoms with E-state index in [1.54, 1.807) is 6.07 Å². The summed E-state index contributed by atoms with van der Waals surface area (Å²) in [5.74, 6) is -0.0934. The second-order valence-corrected chi connectivity index (χ2v) is 7.99. The summed E-state index contributed by atoms with van der Waals surface area (Å²) in [6, 6.07) is 14.1. The lowest BCUT2D eigenvalue weighted by Crippen LogP contribution is -2.04. The van der Waals surface area contributed by atoms with Crippen molar-refractivity contribution in [1.29, 1.82) is 0 Å². The van der Waals surface area contributed by atoms with Gasteiger partial charge in [-0.1, -0.05) is 47.5 Å². The van der Waals surface area contributed by atoms with Crippen LogP contribution in [0.15, 0.2) is 53.6 Å². The maximum absolute atomic E-state index is 10.7. The molecular weight excluding hydrogens is 379 g/mol. The van der Waals surface area contributed by atoms with E-state index in [1.807, 2.05) is 12.1 Å². The van der Waals surface area contributed by atoms with Gasteiger partial charge in [-0.2, -0.15) is 0 Å². The van der Waals surface area contributed by atoms with Gasteiger partial charge in [-0.15, -0.1) is 9.24 Å². The van der Waals surface area contributed by atoms with E-state index in [0.717, 1.165) is 30.6 Å². The number of carboxylic acid groups (broad SMARTS) is 1. The molecule has 0 radical (unpaired) electrons. The number of allylic oxidation sites excluding steroid dienone is 1. The van der Waals surface area contributed by atoms with Gasteiger partial charge in [0.2, 0.25) is 0 Å². The number of benzene rings is 2. The van der Waals surface area contributed by atoms with Crippen LogP contribution in [-0.2, 0) is 17.6 Å². The molecule has 1 N–H and O–H groups in total. The maximum atomic E-state index is 10.7. The first-order chi connectivity index (χ1) is 13.0. The van der Waals surface area contributed by atoms with Crippen LogP contribution in [0.2, 0.25) is 5.02 Å². The third kappa shape index (κ3) is 5.82. The van der Waals surface area contributed by atoms with Crippen LogP contribution in [0.25, 0.3) is 0 Å². The average Bonchev–Trinajstić information content (AvgIpc) is 3.06. The maximum Gasteiger partial charge on any atom is 0.303 e. The number of aliphatic carboxylic acids is 1. The van der Waals surface area contributed by atoms with Crippen LogP contribution < -0.4 is 10.0 Å². The number of hydrogen-bond acceptors (Lipinski definition) is 2. The Bertz CT molecular complexity index is 860. The van der Waals surface area contributed by atoms with Crippen molar-refractivity contribution in [3.63, 3.8) is 0 Å². The molecule has 1 unspecified atom stereocenters. The molecule has 142 valence electrons. The third-order valence-electron chi connectivity index (χ3n) is 4.87. The molecule has 2 aromatic carbocycles. The molecule has 5 heteroatoms. The van der Waals surface area contributed by atoms with Gasteiger partial charge in [-0.05, 0) is 66.2 Å². The second kappa shape index (κ2) is 9.39. The highest BCUT2D eigenvalue weighted by atomic mass is 35.5. The van der Waals surface area contributed by atoms with E-state index in [1.165, 1.54) is 28.4 Å². The Balaban J connectivity index is 1.62. The summed E-state index contributed by atoms with van der Waals surface area (Å²) in [6.07, 6.45) is 4.89. The van der Waals surface area contributed by atoms with E-state index < -0.39 is 5.97 Å². The SMILES string of the molecule is O=C(O)CCc1ccc(OCC2=C(Cc3cccc(P)c3)CCC2)cc1Cl. The summed E-state index contributed by atoms with van der Waals surface area (Å²) in [5.41, 5.74) is 5.04. The number of ether oxygens (including phenoxy) is 1. The third-order valence-corrected chi connectivity index (χ3v) is 5.58. The average molecular weight is 403 g/mol. The quantitative estimate of drug-likeness (QED) is 0.501. The number of rotatable bonds is 8. The standard InChI is InChI=1S/C22H24ClO3P/c23-21-13-19(9-7-16(21)8-10-22(24)25)26-14-18-5-2-4-17(18)11-15-3-1-6-20(27)12-15/h1,3,6-7,9,12-13H,2,4-5,8,10-11,14,27H2,(H,24,25). The summed E-state index contributed by atoms with van der Waals surface area (Å²) in [7, 11) is 2.75. The fourth-order valence-electron chi connectivity index (χ4n) is 3.44. The monoisotopic (exact) mass is 402 g/mol. The first kappa shape index (κ1) is 19.9. The molecule has 0 fully saturated rings. The van der Waals surface area contributed by atoms with Crippen LogP contribution in [0.5, 0.6) is 5.75 Å². The molecule has 0 bridgehead atoms. The number of carbonyl (C=O) groups is 1. The van der Waals surface area contributed by atoms with Crippen molar-refractivity contribution in [2.75, 3.05) is 6.61 Å². The summed E-state index contributed by atoms with van der Waals surface area (Å²) < 4.78 is 5.98. The molecule has 1 aliphatic carbocycles. The van der Waals surface area contributed by atoms with Gasteiger partial charge in [0.15, 0.2) is 0 Å². The highest BCUT2D eigenvalue weighted by Gasteiger charge is 2.16. The van der Waals surface area contributed by atoms with Gasteiger partial charge in [0, 0.05) is 11.4 Å². The topological polar surface area (TPSA) is 46.5 Å². The molecule has 2 aromatic rings. The van der Waals surface area contributed by atoms with E-state index >= 15 is 0 Å². The van der Waals surface area contributed by atoms with Crippen LogP contribution in [0, 0.1) is 0 Å². The van der Waals surface area contributed by atoms with Crippen LogP contribution >= 0.6 is 20.8 Å². The van der Waals surface area contributed by atoms with Gasteiger partial charge in [-0.3, -0.25) is 4.79 Å². The Labute approximate surface area is 167 Å². The van der Waals surface area contributed by atoms with Crippen LogP contribution in [0.4, 0.5) is 0 Å². The molecule has 1 atom stereocenters. The molecule has 0 saturated heterocycles. The summed E-state index contributed by atoms with van der Waals surface area (Å²) >= 11 is 6.27. The van der Waals surface area contributed by atoms with Crippen LogP contribution in [-0.4, -0.2) is 17.7 Å². The Morgan fingerprint density at radius 3 is 2.70 bits per heavy atom. The van der Waals surface area contributed by atoms with E-state index in [9.17, 15) is 4.79 Å². The fourth-order valence-corrected chi connectivity index (χ4v) is 4.03. The zero-order valence-corrected chi connectivity index (χ0v) is 17.1. The minimum absolute atomic E-state index is 0.0770. The lowest BCUT2D eigenvalue weighted by Gasteiger charge is -2.12. The lowest BCUT2D eigenvalue weighted by atomic mass is 10.0. The smallest absolute Gasteiger partial charge is 0.303 e. The molecule has 27 heavy (non-hydrogen) atoms. The zero-order chi connectivity index (χ0) is 19.2. The van der Waals surface area contributed by atoms with Gasteiger partial charge in [0.25, 0.3) is 0 Å². The molecule has 1 aliphatic rings. The predicted octanol–water partition coefficient (Wildman–Crippen LogP) is 4.96. The van der Waals surface area contributed by atoms with Gasteiger partial charge < -0.3 is 9.84 Å². The highest BCUT2D eigenvalue weighted by molar-refractivity contribution is 7.27. The van der Waals surface area contributed by atoms with Crippen LogP contribution in [0.1, 0.15) is 36.8 Å². The van der Waals surface area contributed by atoms with Gasteiger partial charge >= 0.3 is 5.97 Å². The molecule has 3 rings (SSSR count). The molecule has 0 saturated carbocycles. The highest BCUT2D eigenvalue weighted by Crippen LogP contribution is 2.30. The normalized spacial score (nSPS) is 13.9. The van der Waals surface area contributed by atoms with Crippen molar-refractivity contribution < 1.29 is 14.6 Å². The zero-order valence-electron chi connectivity index (χ0n) is 15.2. The molecular formula is C22H24ClO3P. The van der Waals surface area contributed by atoms with Crippen molar-refractivity contribution in [1.82, 2.24) is 0 Å². The van der Waals surface area contributed by atoms with Gasteiger partial charge in [0.05, 0.1) is 0 Å². The van der Waals surface area contributed by atoms with Crippen molar-refractivity contribution in [3.8, 4) is 5.75 Å². The lowest BCUT2D eigenvalue weighted by molar-refractivity contribution is -0.136. The molecule has 0 heterocycles. The minimum Gasteiger partial charge on any atom is -0.489 e. The Kier molecular flexibility index (Phi) is 6.93. The molecule has 0 aliphatic heterocycles. The van der Waals surface area contributed by atoms with Crippen LogP contribution in [0.3, 0.4) is 0 Å². The number of hydrogen-bond donors (Lipinski definition) is 1. The predicted molar refractivity (Wildman–Crippen MR) is 113 cm³/mol. The summed E-state index contributed by atoms with van der Waals surface area (Å²) in [5, 5.41) is 10.6. The summed E-state index contributed by atoms with van der Waals surface area (Å²) in [4.78, 5) is 10.7. The Hall–Kier alpha value is -1.83. The number of aryl methyl sites for hydroxylation is 1. The first-order valence-electron chi connectivity index (χ1n) is 9.18. The molecule has 3 nitrogen and oxygen atoms in total. The number of halogens is 1. The molecule has 0 aromatic heterocycles. The minimum atomic E-state index is -0.820. The van der Waals surface area contributed by atoms with Crippen molar-refractivity contribution in [2.45, 2.75) is 38.5 Å². The van der Waals surface area contributed by atoms with Crippen molar-refractivity contribution >= 4 is 32.1 Å². The molecule has 0 spiro atoms. The van der Waals surface area contributed by atoms with Gasteiger partial charge in [-0.25, -0.2) is 0 Å². The van der Waals surface area contributed by atoms with E-state index in [4.69, 9.17) is 21.4 Å². The number of carboxylic acids is 1. The Morgan fingerprint density at radius 2 is 1.96 bits per heavy atom. The largest absolute Gasteiger partial charge is 0.489 e.